The molecule has 112 valence electrons. The predicted octanol–water partition coefficient (Wildman–Crippen LogP) is 2.57. The molecular formula is C16H22N4O. The van der Waals surface area contributed by atoms with E-state index in [-0.39, 0.29) is 11.9 Å². The summed E-state index contributed by atoms with van der Waals surface area (Å²) in [5.41, 5.74) is 2.13. The molecule has 0 saturated carbocycles. The van der Waals surface area contributed by atoms with Gasteiger partial charge in [0.05, 0.1) is 6.04 Å². The Labute approximate surface area is 125 Å². The molecule has 1 atom stereocenters. The fourth-order valence-corrected chi connectivity index (χ4v) is 2.25. The maximum absolute atomic E-state index is 11.3. The molecule has 0 aliphatic heterocycles. The number of imidazole rings is 1. The summed E-state index contributed by atoms with van der Waals surface area (Å²) < 4.78 is 2.01. The summed E-state index contributed by atoms with van der Waals surface area (Å²) in [7, 11) is 3.79. The van der Waals surface area contributed by atoms with Gasteiger partial charge in [-0.15, -0.1) is 0 Å². The van der Waals surface area contributed by atoms with Gasteiger partial charge in [-0.05, 0) is 24.6 Å². The van der Waals surface area contributed by atoms with Crippen molar-refractivity contribution in [3.8, 4) is 0 Å². The number of carbonyl (C=O) groups is 1. The lowest BCUT2D eigenvalue weighted by atomic mass is 10.1. The van der Waals surface area contributed by atoms with Gasteiger partial charge in [-0.1, -0.05) is 12.1 Å². The Balaban J connectivity index is 2.07. The van der Waals surface area contributed by atoms with Crippen molar-refractivity contribution in [2.75, 3.05) is 12.4 Å². The number of nitrogens with zero attached hydrogens (tertiary/aromatic N) is 3. The first-order valence-corrected chi connectivity index (χ1v) is 7.01. The molecule has 5 heteroatoms. The minimum absolute atomic E-state index is 0.0646. The van der Waals surface area contributed by atoms with E-state index in [4.69, 9.17) is 0 Å². The second kappa shape index (κ2) is 6.43. The zero-order valence-electron chi connectivity index (χ0n) is 13.0. The molecule has 0 aliphatic carbocycles. The van der Waals surface area contributed by atoms with E-state index in [1.54, 1.807) is 25.1 Å². The van der Waals surface area contributed by atoms with E-state index in [2.05, 4.69) is 23.3 Å². The zero-order chi connectivity index (χ0) is 15.4. The summed E-state index contributed by atoms with van der Waals surface area (Å²) in [6, 6.07) is 8.23. The second-order valence-electron chi connectivity index (χ2n) is 5.34. The number of anilines is 1. The molecule has 2 rings (SSSR count). The topological polar surface area (TPSA) is 50.2 Å². The van der Waals surface area contributed by atoms with Crippen LogP contribution in [0.4, 0.5) is 5.69 Å². The molecule has 1 amide bonds. The Morgan fingerprint density at radius 3 is 2.86 bits per heavy atom. The molecule has 2 aromatic rings. The van der Waals surface area contributed by atoms with Crippen LogP contribution in [-0.2, 0) is 18.4 Å². The molecule has 21 heavy (non-hydrogen) atoms. The van der Waals surface area contributed by atoms with Crippen LogP contribution < -0.4 is 5.32 Å². The number of rotatable bonds is 5. The third kappa shape index (κ3) is 3.84. The van der Waals surface area contributed by atoms with Crippen LogP contribution in [0.2, 0.25) is 0 Å². The highest BCUT2D eigenvalue weighted by atomic mass is 16.2. The molecule has 1 unspecified atom stereocenters. The number of benzene rings is 1. The third-order valence-corrected chi connectivity index (χ3v) is 3.51. The van der Waals surface area contributed by atoms with Gasteiger partial charge in [0, 0.05) is 45.6 Å². The number of nitrogens with one attached hydrogen (secondary N) is 1. The van der Waals surface area contributed by atoms with Gasteiger partial charge in [0.1, 0.15) is 5.82 Å². The van der Waals surface area contributed by atoms with Gasteiger partial charge in [-0.2, -0.15) is 0 Å². The standard InChI is InChI=1S/C16H22N4O/c1-12(16-17-8-9-19(16)3)18-15-7-5-6-14(10-15)11-20(4)13(2)21/h5-10,12,18H,11H2,1-4H3. The van der Waals surface area contributed by atoms with E-state index in [9.17, 15) is 4.79 Å². The van der Waals surface area contributed by atoms with E-state index in [1.165, 1.54) is 0 Å². The summed E-state index contributed by atoms with van der Waals surface area (Å²) in [4.78, 5) is 17.4. The minimum Gasteiger partial charge on any atom is -0.375 e. The molecule has 1 aromatic carbocycles. The quantitative estimate of drug-likeness (QED) is 0.919. The van der Waals surface area contributed by atoms with E-state index >= 15 is 0 Å². The molecule has 1 heterocycles. The lowest BCUT2D eigenvalue weighted by Gasteiger charge is -2.18. The number of hydrogen-bond acceptors (Lipinski definition) is 3. The molecule has 1 aromatic heterocycles. The van der Waals surface area contributed by atoms with Crippen molar-refractivity contribution in [1.82, 2.24) is 14.5 Å². The molecule has 5 nitrogen and oxygen atoms in total. The third-order valence-electron chi connectivity index (χ3n) is 3.51. The van der Waals surface area contributed by atoms with Crippen LogP contribution in [0.1, 0.15) is 31.3 Å². The maximum Gasteiger partial charge on any atom is 0.219 e. The van der Waals surface area contributed by atoms with Gasteiger partial charge >= 0.3 is 0 Å². The summed E-state index contributed by atoms with van der Waals surface area (Å²) in [5, 5.41) is 3.44. The van der Waals surface area contributed by atoms with Crippen molar-refractivity contribution in [3.05, 3.63) is 48.0 Å². The summed E-state index contributed by atoms with van der Waals surface area (Å²) in [6.07, 6.45) is 3.73. The van der Waals surface area contributed by atoms with Crippen LogP contribution >= 0.6 is 0 Å². The van der Waals surface area contributed by atoms with Crippen LogP contribution in [-0.4, -0.2) is 27.4 Å². The van der Waals surface area contributed by atoms with E-state index in [0.29, 0.717) is 6.54 Å². The summed E-state index contributed by atoms with van der Waals surface area (Å²) in [6.45, 7) is 4.27. The van der Waals surface area contributed by atoms with Crippen LogP contribution in [0, 0.1) is 0 Å². The predicted molar refractivity (Wildman–Crippen MR) is 83.8 cm³/mol. The first kappa shape index (κ1) is 15.1. The first-order chi connectivity index (χ1) is 9.97. The van der Waals surface area contributed by atoms with Gasteiger partial charge < -0.3 is 14.8 Å². The van der Waals surface area contributed by atoms with Crippen molar-refractivity contribution in [2.45, 2.75) is 26.4 Å². The summed E-state index contributed by atoms with van der Waals surface area (Å²) >= 11 is 0. The van der Waals surface area contributed by atoms with Gasteiger partial charge in [-0.3, -0.25) is 4.79 Å². The zero-order valence-corrected chi connectivity index (χ0v) is 13.0. The maximum atomic E-state index is 11.3. The fourth-order valence-electron chi connectivity index (χ4n) is 2.25. The van der Waals surface area contributed by atoms with E-state index in [1.807, 2.05) is 36.0 Å². The van der Waals surface area contributed by atoms with Crippen molar-refractivity contribution in [1.29, 1.82) is 0 Å². The Bertz CT molecular complexity index is 620. The average Bonchev–Trinajstić information content (AvgIpc) is 2.85. The second-order valence-corrected chi connectivity index (χ2v) is 5.34. The molecule has 0 bridgehead atoms. The highest BCUT2D eigenvalue weighted by Gasteiger charge is 2.10. The Kier molecular flexibility index (Phi) is 4.62. The molecule has 0 aliphatic rings. The van der Waals surface area contributed by atoms with Gasteiger partial charge in [0.25, 0.3) is 0 Å². The first-order valence-electron chi connectivity index (χ1n) is 7.01. The van der Waals surface area contributed by atoms with E-state index < -0.39 is 0 Å². The minimum atomic E-state index is 0.0646. The number of aryl methyl sites for hydroxylation is 1. The molecule has 0 spiro atoms. The number of aromatic nitrogens is 2. The Morgan fingerprint density at radius 2 is 2.24 bits per heavy atom. The van der Waals surface area contributed by atoms with Gasteiger partial charge in [0.15, 0.2) is 0 Å². The van der Waals surface area contributed by atoms with Crippen molar-refractivity contribution in [3.63, 3.8) is 0 Å². The Hall–Kier alpha value is -2.30. The van der Waals surface area contributed by atoms with Gasteiger partial charge in [-0.25, -0.2) is 4.98 Å². The normalized spacial score (nSPS) is 12.0. The van der Waals surface area contributed by atoms with Crippen molar-refractivity contribution >= 4 is 11.6 Å². The monoisotopic (exact) mass is 286 g/mol. The fraction of sp³-hybridized carbons (Fsp3) is 0.375. The molecule has 0 saturated heterocycles. The van der Waals surface area contributed by atoms with Crippen LogP contribution in [0.15, 0.2) is 36.7 Å². The lowest BCUT2D eigenvalue weighted by molar-refractivity contribution is -0.128. The molecular weight excluding hydrogens is 264 g/mol. The number of amides is 1. The molecule has 0 fully saturated rings. The van der Waals surface area contributed by atoms with Crippen LogP contribution in [0.3, 0.4) is 0 Å². The molecule has 1 N–H and O–H groups in total. The largest absolute Gasteiger partial charge is 0.375 e. The Morgan fingerprint density at radius 1 is 1.48 bits per heavy atom. The molecule has 0 radical (unpaired) electrons. The van der Waals surface area contributed by atoms with Crippen LogP contribution in [0.25, 0.3) is 0 Å². The summed E-state index contributed by atoms with van der Waals surface area (Å²) in [5.74, 6) is 1.05. The van der Waals surface area contributed by atoms with Crippen LogP contribution in [0.5, 0.6) is 0 Å². The van der Waals surface area contributed by atoms with E-state index in [0.717, 1.165) is 17.1 Å². The lowest BCUT2D eigenvalue weighted by Crippen LogP contribution is -2.23. The van der Waals surface area contributed by atoms with Gasteiger partial charge in [0.2, 0.25) is 5.91 Å². The number of hydrogen-bond donors (Lipinski definition) is 1. The average molecular weight is 286 g/mol. The SMILES string of the molecule is CC(=O)N(C)Cc1cccc(NC(C)c2nccn2C)c1. The van der Waals surface area contributed by atoms with Crippen molar-refractivity contribution in [2.24, 2.45) is 7.05 Å². The highest BCUT2D eigenvalue weighted by molar-refractivity contribution is 5.72. The highest BCUT2D eigenvalue weighted by Crippen LogP contribution is 2.19. The smallest absolute Gasteiger partial charge is 0.219 e. The van der Waals surface area contributed by atoms with Crippen molar-refractivity contribution < 1.29 is 4.79 Å². The number of carbonyl (C=O) groups excluding carboxylic acids is 1.